The molecule has 2 aliphatic carbocycles. The third-order valence-electron chi connectivity index (χ3n) is 15.9. The van der Waals surface area contributed by atoms with Gasteiger partial charge in [0.1, 0.15) is 0 Å². The molecule has 2 nitrogen and oxygen atoms in total. The van der Waals surface area contributed by atoms with Crippen molar-refractivity contribution in [2.24, 2.45) is 0 Å². The van der Waals surface area contributed by atoms with Gasteiger partial charge in [0, 0.05) is 64.5 Å². The van der Waals surface area contributed by atoms with Gasteiger partial charge in [0.15, 0.2) is 7.28 Å². The van der Waals surface area contributed by atoms with Crippen LogP contribution in [0.4, 0.5) is 11.4 Å². The molecular formula is C62H55BN2S. The highest BCUT2D eigenvalue weighted by atomic mass is 32.1. The normalized spacial score (nSPS) is 15.2. The van der Waals surface area contributed by atoms with E-state index >= 15 is 0 Å². The minimum atomic E-state index is -0.166. The SMILES string of the molecule is CC(C)(C)c1ccc(Nc2cc3c(cc2-c2ccc4c5cc6c(cc5n5c4c2Bc2cc4c(cc2-5)sc2ccccc24)C(C)(C)c2ccccc2-6)C(C)(C)c2ccc(C(C)(C)C)cc2-3)cc1. The first kappa shape index (κ1) is 40.0. The van der Waals surface area contributed by atoms with Crippen molar-refractivity contribution in [1.82, 2.24) is 4.57 Å². The van der Waals surface area contributed by atoms with Gasteiger partial charge in [0.05, 0.1) is 5.52 Å². The maximum Gasteiger partial charge on any atom is 0.198 e. The molecule has 10 aromatic rings. The van der Waals surface area contributed by atoms with E-state index in [9.17, 15) is 0 Å². The van der Waals surface area contributed by atoms with Crippen LogP contribution in [0.5, 0.6) is 0 Å². The standard InChI is InChI=1S/C62H55BN2S/c1-59(2,3)34-19-22-36(23-20-34)64-52-31-43-41-27-35(60(4,5)6)21-26-48(41)62(9,10)49(43)29-44(52)39-24-25-40-45-28-42-37-15-11-13-17-47(37)61(7,8)50(42)32-53(45)65-54-33-56-46(30-51(54)63-57(39)58(40)65)38-16-12-14-18-55(38)66-56/h11-33,63-64H,1-10H3. The molecule has 0 radical (unpaired) electrons. The van der Waals surface area contributed by atoms with E-state index in [4.69, 9.17) is 0 Å². The number of nitrogens with zero attached hydrogens (tertiary/aromatic N) is 1. The monoisotopic (exact) mass is 870 g/mol. The number of hydrogen-bond acceptors (Lipinski definition) is 2. The topological polar surface area (TPSA) is 17.0 Å². The van der Waals surface area contributed by atoms with E-state index in [1.54, 1.807) is 0 Å². The van der Waals surface area contributed by atoms with E-state index in [2.05, 4.69) is 219 Å². The Labute approximate surface area is 393 Å². The van der Waals surface area contributed by atoms with Gasteiger partial charge < -0.3 is 9.88 Å². The van der Waals surface area contributed by atoms with Crippen molar-refractivity contribution in [3.05, 3.63) is 173 Å². The Balaban J connectivity index is 1.10. The van der Waals surface area contributed by atoms with Gasteiger partial charge in [-0.1, -0.05) is 166 Å². The maximum atomic E-state index is 4.04. The zero-order valence-corrected chi connectivity index (χ0v) is 40.7. The number of fused-ring (bicyclic) bond motifs is 14. The molecule has 1 N–H and O–H groups in total. The molecule has 0 amide bonds. The number of hydrogen-bond donors (Lipinski definition) is 1. The van der Waals surface area contributed by atoms with Crippen LogP contribution in [0.2, 0.25) is 0 Å². The quantitative estimate of drug-likeness (QED) is 0.175. The first-order valence-corrected chi connectivity index (χ1v) is 24.7. The van der Waals surface area contributed by atoms with Crippen LogP contribution in [0.25, 0.3) is 81.0 Å². The summed E-state index contributed by atoms with van der Waals surface area (Å²) in [4.78, 5) is 0. The van der Waals surface area contributed by atoms with Gasteiger partial charge in [0.2, 0.25) is 0 Å². The van der Waals surface area contributed by atoms with Crippen LogP contribution in [-0.2, 0) is 21.7 Å². The van der Waals surface area contributed by atoms with E-state index in [0.29, 0.717) is 0 Å². The molecule has 8 aromatic carbocycles. The Kier molecular flexibility index (Phi) is 7.97. The largest absolute Gasteiger partial charge is 0.355 e. The van der Waals surface area contributed by atoms with Crippen LogP contribution in [0.3, 0.4) is 0 Å². The number of nitrogens with one attached hydrogen (secondary N) is 1. The molecule has 3 aliphatic rings. The molecule has 1 aliphatic heterocycles. The van der Waals surface area contributed by atoms with Gasteiger partial charge >= 0.3 is 0 Å². The molecule has 0 fully saturated rings. The number of aromatic nitrogens is 1. The summed E-state index contributed by atoms with van der Waals surface area (Å²) in [6.45, 7) is 23.5. The molecule has 0 saturated heterocycles. The summed E-state index contributed by atoms with van der Waals surface area (Å²) < 4.78 is 5.35. The molecule has 13 rings (SSSR count). The highest BCUT2D eigenvalue weighted by Crippen LogP contribution is 2.54. The lowest BCUT2D eigenvalue weighted by Crippen LogP contribution is -2.37. The summed E-state index contributed by atoms with van der Waals surface area (Å²) in [5.41, 5.74) is 25.1. The van der Waals surface area contributed by atoms with E-state index in [0.717, 1.165) is 18.7 Å². The molecule has 0 bridgehead atoms. The van der Waals surface area contributed by atoms with Gasteiger partial charge in [-0.05, 0) is 131 Å². The summed E-state index contributed by atoms with van der Waals surface area (Å²) in [5, 5.41) is 9.39. The van der Waals surface area contributed by atoms with Crippen molar-refractivity contribution in [1.29, 1.82) is 0 Å². The Hall–Kier alpha value is -6.36. The van der Waals surface area contributed by atoms with Crippen molar-refractivity contribution in [3.63, 3.8) is 0 Å². The van der Waals surface area contributed by atoms with Gasteiger partial charge in [-0.3, -0.25) is 0 Å². The van der Waals surface area contributed by atoms with Crippen molar-refractivity contribution in [2.45, 2.75) is 90.9 Å². The Morgan fingerprint density at radius 3 is 1.92 bits per heavy atom. The number of benzene rings is 8. The predicted octanol–water partition coefficient (Wildman–Crippen LogP) is 15.5. The van der Waals surface area contributed by atoms with E-state index in [1.165, 1.54) is 125 Å². The Morgan fingerprint density at radius 1 is 0.485 bits per heavy atom. The third kappa shape index (κ3) is 5.48. The second-order valence-corrected chi connectivity index (χ2v) is 23.8. The summed E-state index contributed by atoms with van der Waals surface area (Å²) in [6, 6.07) is 54.4. The molecule has 322 valence electrons. The number of anilines is 2. The summed E-state index contributed by atoms with van der Waals surface area (Å²) in [7, 11) is 0.849. The fraction of sp³-hybridized carbons (Fsp3) is 0.226. The summed E-state index contributed by atoms with van der Waals surface area (Å²) in [5.74, 6) is 0. The number of thiophene rings is 1. The van der Waals surface area contributed by atoms with E-state index in [1.807, 2.05) is 11.3 Å². The zero-order chi connectivity index (χ0) is 45.4. The fourth-order valence-electron chi connectivity index (χ4n) is 12.2. The van der Waals surface area contributed by atoms with Gasteiger partial charge in [0.25, 0.3) is 0 Å². The molecule has 4 heteroatoms. The molecule has 3 heterocycles. The van der Waals surface area contributed by atoms with Crippen LogP contribution < -0.4 is 16.2 Å². The summed E-state index contributed by atoms with van der Waals surface area (Å²) >= 11 is 1.92. The summed E-state index contributed by atoms with van der Waals surface area (Å²) in [6.07, 6.45) is 0. The molecule has 0 spiro atoms. The van der Waals surface area contributed by atoms with Crippen LogP contribution in [0.15, 0.2) is 140 Å². The lowest BCUT2D eigenvalue weighted by molar-refractivity contribution is 0.589. The van der Waals surface area contributed by atoms with Crippen molar-refractivity contribution in [3.8, 4) is 39.1 Å². The minimum Gasteiger partial charge on any atom is -0.355 e. The smallest absolute Gasteiger partial charge is 0.198 e. The minimum absolute atomic E-state index is 0.0464. The second-order valence-electron chi connectivity index (χ2n) is 22.7. The van der Waals surface area contributed by atoms with Gasteiger partial charge in [-0.2, -0.15) is 0 Å². The van der Waals surface area contributed by atoms with Crippen molar-refractivity contribution in [2.75, 3.05) is 5.32 Å². The number of rotatable bonds is 3. The van der Waals surface area contributed by atoms with Crippen LogP contribution in [0, 0.1) is 0 Å². The molecule has 0 saturated carbocycles. The van der Waals surface area contributed by atoms with Gasteiger partial charge in [-0.15, -0.1) is 11.3 Å². The first-order valence-electron chi connectivity index (χ1n) is 23.9. The predicted molar refractivity (Wildman–Crippen MR) is 288 cm³/mol. The Bertz CT molecular complexity index is 3770. The molecule has 2 aromatic heterocycles. The van der Waals surface area contributed by atoms with Crippen molar-refractivity contribution >= 4 is 82.9 Å². The van der Waals surface area contributed by atoms with Crippen LogP contribution in [0.1, 0.15) is 103 Å². The lowest BCUT2D eigenvalue weighted by Gasteiger charge is -2.26. The van der Waals surface area contributed by atoms with E-state index < -0.39 is 0 Å². The van der Waals surface area contributed by atoms with Crippen LogP contribution >= 0.6 is 11.3 Å². The highest BCUT2D eigenvalue weighted by molar-refractivity contribution is 7.25. The molecule has 66 heavy (non-hydrogen) atoms. The lowest BCUT2D eigenvalue weighted by atomic mass is 9.59. The molecule has 0 atom stereocenters. The zero-order valence-electron chi connectivity index (χ0n) is 39.8. The van der Waals surface area contributed by atoms with E-state index in [-0.39, 0.29) is 21.7 Å². The first-order chi connectivity index (χ1) is 31.5. The molecular weight excluding hydrogens is 816 g/mol. The molecule has 0 unspecified atom stereocenters. The van der Waals surface area contributed by atoms with Crippen LogP contribution in [-0.4, -0.2) is 11.8 Å². The van der Waals surface area contributed by atoms with Crippen molar-refractivity contribution < 1.29 is 0 Å². The fourth-order valence-corrected chi connectivity index (χ4v) is 13.3. The second kappa shape index (κ2) is 13.2. The van der Waals surface area contributed by atoms with Gasteiger partial charge in [-0.25, -0.2) is 0 Å². The highest BCUT2D eigenvalue weighted by Gasteiger charge is 2.39. The third-order valence-corrected chi connectivity index (χ3v) is 17.1. The average Bonchev–Trinajstić information content (AvgIpc) is 3.95. The maximum absolute atomic E-state index is 4.04. The Morgan fingerprint density at radius 2 is 1.15 bits per heavy atom. The average molecular weight is 871 g/mol.